The van der Waals surface area contributed by atoms with E-state index in [0.717, 1.165) is 12.2 Å². The Kier molecular flexibility index (Phi) is 7.23. The second-order valence-corrected chi connectivity index (χ2v) is 5.75. The highest BCUT2D eigenvalue weighted by Crippen LogP contribution is 2.27. The van der Waals surface area contributed by atoms with Gasteiger partial charge in [-0.3, -0.25) is 4.79 Å². The molecule has 0 aliphatic heterocycles. The van der Waals surface area contributed by atoms with Gasteiger partial charge >= 0.3 is 0 Å². The topological polar surface area (TPSA) is 55.6 Å². The van der Waals surface area contributed by atoms with Crippen LogP contribution < -0.4 is 10.5 Å². The van der Waals surface area contributed by atoms with E-state index in [1.807, 2.05) is 20.0 Å². The predicted molar refractivity (Wildman–Crippen MR) is 86.7 cm³/mol. The SMILES string of the molecule is Cc1ccc(C(C)C)c(OCCC(=O)N(C)CCCN)c1. The minimum absolute atomic E-state index is 0.0993. The first-order chi connectivity index (χ1) is 9.95. The van der Waals surface area contributed by atoms with Crippen LogP contribution in [0.1, 0.15) is 43.7 Å². The summed E-state index contributed by atoms with van der Waals surface area (Å²) in [4.78, 5) is 13.6. The van der Waals surface area contributed by atoms with Gasteiger partial charge in [0.05, 0.1) is 13.0 Å². The first-order valence-electron chi connectivity index (χ1n) is 7.63. The molecule has 0 fully saturated rings. The van der Waals surface area contributed by atoms with E-state index in [1.54, 1.807) is 4.90 Å². The van der Waals surface area contributed by atoms with E-state index in [-0.39, 0.29) is 5.91 Å². The quantitative estimate of drug-likeness (QED) is 0.801. The van der Waals surface area contributed by atoms with Crippen molar-refractivity contribution in [2.75, 3.05) is 26.7 Å². The van der Waals surface area contributed by atoms with Crippen LogP contribution in [0, 0.1) is 6.92 Å². The van der Waals surface area contributed by atoms with Gasteiger partial charge in [0.1, 0.15) is 5.75 Å². The number of aryl methyl sites for hydroxylation is 1. The number of hydrogen-bond acceptors (Lipinski definition) is 3. The highest BCUT2D eigenvalue weighted by molar-refractivity contribution is 5.75. The maximum atomic E-state index is 11.9. The smallest absolute Gasteiger partial charge is 0.225 e. The summed E-state index contributed by atoms with van der Waals surface area (Å²) in [6.07, 6.45) is 1.23. The summed E-state index contributed by atoms with van der Waals surface area (Å²) in [5, 5.41) is 0. The van der Waals surface area contributed by atoms with Gasteiger partial charge in [-0.05, 0) is 43.0 Å². The summed E-state index contributed by atoms with van der Waals surface area (Å²) in [6, 6.07) is 6.23. The second kappa shape index (κ2) is 8.67. The molecule has 0 bridgehead atoms. The Morgan fingerprint density at radius 1 is 1.38 bits per heavy atom. The Labute approximate surface area is 128 Å². The minimum Gasteiger partial charge on any atom is -0.493 e. The maximum absolute atomic E-state index is 11.9. The molecule has 1 aromatic rings. The number of hydrogen-bond donors (Lipinski definition) is 1. The summed E-state index contributed by atoms with van der Waals surface area (Å²) < 4.78 is 5.83. The van der Waals surface area contributed by atoms with Crippen LogP contribution in [0.3, 0.4) is 0 Å². The zero-order chi connectivity index (χ0) is 15.8. The van der Waals surface area contributed by atoms with Crippen LogP contribution in [-0.2, 0) is 4.79 Å². The summed E-state index contributed by atoms with van der Waals surface area (Å²) >= 11 is 0. The molecule has 0 saturated heterocycles. The van der Waals surface area contributed by atoms with Crippen molar-refractivity contribution in [1.29, 1.82) is 0 Å². The molecule has 1 aromatic carbocycles. The van der Waals surface area contributed by atoms with E-state index in [0.29, 0.717) is 32.0 Å². The number of amides is 1. The zero-order valence-corrected chi connectivity index (χ0v) is 13.7. The number of nitrogens with two attached hydrogens (primary N) is 1. The number of carbonyl (C=O) groups is 1. The molecule has 1 amide bonds. The van der Waals surface area contributed by atoms with E-state index in [9.17, 15) is 4.79 Å². The molecule has 0 unspecified atom stereocenters. The average molecular weight is 292 g/mol. The zero-order valence-electron chi connectivity index (χ0n) is 13.7. The molecule has 0 atom stereocenters. The monoisotopic (exact) mass is 292 g/mol. The first-order valence-corrected chi connectivity index (χ1v) is 7.63. The molecule has 0 aromatic heterocycles. The van der Waals surface area contributed by atoms with Crippen molar-refractivity contribution < 1.29 is 9.53 Å². The Bertz CT molecular complexity index is 458. The summed E-state index contributed by atoms with van der Waals surface area (Å²) in [6.45, 7) is 8.05. The van der Waals surface area contributed by atoms with Crippen LogP contribution in [0.2, 0.25) is 0 Å². The van der Waals surface area contributed by atoms with E-state index >= 15 is 0 Å². The summed E-state index contributed by atoms with van der Waals surface area (Å²) in [5.74, 6) is 1.40. The van der Waals surface area contributed by atoms with Crippen LogP contribution in [0.15, 0.2) is 18.2 Å². The molecule has 21 heavy (non-hydrogen) atoms. The number of ether oxygens (including phenoxy) is 1. The van der Waals surface area contributed by atoms with Crippen LogP contribution in [0.5, 0.6) is 5.75 Å². The standard InChI is InChI=1S/C17H28N2O2/c1-13(2)15-7-6-14(3)12-16(15)21-11-8-17(20)19(4)10-5-9-18/h6-7,12-13H,5,8-11,18H2,1-4H3. The highest BCUT2D eigenvalue weighted by atomic mass is 16.5. The molecule has 1 rings (SSSR count). The van der Waals surface area contributed by atoms with Gasteiger partial charge in [0.2, 0.25) is 5.91 Å². The molecule has 0 spiro atoms. The van der Waals surface area contributed by atoms with Crippen molar-refractivity contribution in [3.05, 3.63) is 29.3 Å². The fourth-order valence-electron chi connectivity index (χ4n) is 2.14. The third-order valence-corrected chi connectivity index (χ3v) is 3.49. The number of nitrogens with zero attached hydrogens (tertiary/aromatic N) is 1. The fraction of sp³-hybridized carbons (Fsp3) is 0.588. The van der Waals surface area contributed by atoms with Gasteiger partial charge in [-0.15, -0.1) is 0 Å². The Hall–Kier alpha value is -1.55. The van der Waals surface area contributed by atoms with E-state index in [4.69, 9.17) is 10.5 Å². The lowest BCUT2D eigenvalue weighted by atomic mass is 10.0. The molecule has 0 aliphatic carbocycles. The van der Waals surface area contributed by atoms with Crippen molar-refractivity contribution in [2.45, 2.75) is 39.5 Å². The van der Waals surface area contributed by atoms with Gasteiger partial charge in [0.25, 0.3) is 0 Å². The molecule has 0 saturated carbocycles. The summed E-state index contributed by atoms with van der Waals surface area (Å²) in [7, 11) is 1.81. The molecule has 4 nitrogen and oxygen atoms in total. The first kappa shape index (κ1) is 17.5. The van der Waals surface area contributed by atoms with Crippen LogP contribution in [0.4, 0.5) is 0 Å². The lowest BCUT2D eigenvalue weighted by Crippen LogP contribution is -2.30. The number of benzene rings is 1. The van der Waals surface area contributed by atoms with Crippen LogP contribution >= 0.6 is 0 Å². The van der Waals surface area contributed by atoms with Gasteiger partial charge in [-0.2, -0.15) is 0 Å². The average Bonchev–Trinajstić information content (AvgIpc) is 2.44. The van der Waals surface area contributed by atoms with E-state index in [2.05, 4.69) is 26.0 Å². The van der Waals surface area contributed by atoms with E-state index in [1.165, 1.54) is 11.1 Å². The third-order valence-electron chi connectivity index (χ3n) is 3.49. The molecular formula is C17H28N2O2. The van der Waals surface area contributed by atoms with E-state index < -0.39 is 0 Å². The van der Waals surface area contributed by atoms with Crippen LogP contribution in [0.25, 0.3) is 0 Å². The molecule has 0 aliphatic rings. The van der Waals surface area contributed by atoms with Gasteiger partial charge in [0.15, 0.2) is 0 Å². The minimum atomic E-state index is 0.0993. The highest BCUT2D eigenvalue weighted by Gasteiger charge is 2.11. The second-order valence-electron chi connectivity index (χ2n) is 5.75. The van der Waals surface area contributed by atoms with Crippen molar-refractivity contribution in [2.24, 2.45) is 5.73 Å². The van der Waals surface area contributed by atoms with Gasteiger partial charge in [0, 0.05) is 13.6 Å². The molecule has 0 radical (unpaired) electrons. The maximum Gasteiger partial charge on any atom is 0.225 e. The number of carbonyl (C=O) groups excluding carboxylic acids is 1. The largest absolute Gasteiger partial charge is 0.493 e. The Morgan fingerprint density at radius 2 is 2.10 bits per heavy atom. The third kappa shape index (κ3) is 5.76. The number of rotatable bonds is 8. The van der Waals surface area contributed by atoms with Gasteiger partial charge < -0.3 is 15.4 Å². The van der Waals surface area contributed by atoms with Gasteiger partial charge in [-0.1, -0.05) is 26.0 Å². The summed E-state index contributed by atoms with van der Waals surface area (Å²) in [5.41, 5.74) is 7.80. The lowest BCUT2D eigenvalue weighted by molar-refractivity contribution is -0.130. The Morgan fingerprint density at radius 3 is 2.71 bits per heavy atom. The molecule has 0 heterocycles. The molecular weight excluding hydrogens is 264 g/mol. The van der Waals surface area contributed by atoms with Crippen molar-refractivity contribution >= 4 is 5.91 Å². The van der Waals surface area contributed by atoms with Gasteiger partial charge in [-0.25, -0.2) is 0 Å². The van der Waals surface area contributed by atoms with Crippen molar-refractivity contribution in [3.8, 4) is 5.75 Å². The molecule has 4 heteroatoms. The fourth-order valence-corrected chi connectivity index (χ4v) is 2.14. The van der Waals surface area contributed by atoms with Crippen molar-refractivity contribution in [3.63, 3.8) is 0 Å². The lowest BCUT2D eigenvalue weighted by Gasteiger charge is -2.18. The van der Waals surface area contributed by atoms with Crippen molar-refractivity contribution in [1.82, 2.24) is 4.90 Å². The van der Waals surface area contributed by atoms with Crippen LogP contribution in [-0.4, -0.2) is 37.6 Å². The normalized spacial score (nSPS) is 10.8. The molecule has 118 valence electrons. The predicted octanol–water partition coefficient (Wildman–Crippen LogP) is 2.69. The molecule has 2 N–H and O–H groups in total. The Balaban J connectivity index is 2.52.